The predicted molar refractivity (Wildman–Crippen MR) is 84.7 cm³/mol. The van der Waals surface area contributed by atoms with Crippen molar-refractivity contribution in [2.75, 3.05) is 40.1 Å². The summed E-state index contributed by atoms with van der Waals surface area (Å²) in [5, 5.41) is 56.1. The molecule has 0 spiro atoms. The molecule has 0 rings (SSSR count). The molecule has 0 heterocycles. The summed E-state index contributed by atoms with van der Waals surface area (Å²) in [6.45, 7) is 4.94. The molecule has 1 atom stereocenters. The van der Waals surface area contributed by atoms with E-state index in [4.69, 9.17) is 35.7 Å². The van der Waals surface area contributed by atoms with Crippen molar-refractivity contribution in [3.05, 3.63) is 12.2 Å². The number of carboxylic acids is 1. The lowest BCUT2D eigenvalue weighted by Gasteiger charge is -2.02. The Morgan fingerprint density at radius 2 is 1.26 bits per heavy atom. The first-order chi connectivity index (χ1) is 10.8. The van der Waals surface area contributed by atoms with Crippen LogP contribution in [0.2, 0.25) is 0 Å². The number of aliphatic hydroxyl groups is 6. The highest BCUT2D eigenvalue weighted by Gasteiger charge is 1.95. The van der Waals surface area contributed by atoms with Crippen LogP contribution in [0.1, 0.15) is 26.2 Å². The molecule has 1 unspecified atom stereocenters. The van der Waals surface area contributed by atoms with Gasteiger partial charge in [0, 0.05) is 52.1 Å². The average Bonchev–Trinajstić information content (AvgIpc) is 2.51. The summed E-state index contributed by atoms with van der Waals surface area (Å²) >= 11 is 0. The lowest BCUT2D eigenvalue weighted by atomic mass is 10.4. The Morgan fingerprint density at radius 1 is 0.957 bits per heavy atom. The summed E-state index contributed by atoms with van der Waals surface area (Å²) in [6, 6.07) is 0. The third kappa shape index (κ3) is 52.7. The van der Waals surface area contributed by atoms with Crippen LogP contribution in [0.4, 0.5) is 0 Å². The average molecular weight is 344 g/mol. The maximum absolute atomic E-state index is 9.60. The van der Waals surface area contributed by atoms with Gasteiger partial charge in [-0.05, 0) is 19.8 Å². The minimum atomic E-state index is -0.935. The summed E-state index contributed by atoms with van der Waals surface area (Å²) < 4.78 is 4.39. The number of rotatable bonds is 8. The van der Waals surface area contributed by atoms with Crippen LogP contribution in [0.25, 0.3) is 0 Å². The van der Waals surface area contributed by atoms with Crippen LogP contribution >= 0.6 is 0 Å². The highest BCUT2D eigenvalue weighted by molar-refractivity contribution is 5.84. The number of hydrogen-bond acceptors (Lipinski definition) is 8. The highest BCUT2D eigenvalue weighted by Crippen LogP contribution is 1.87. The first-order valence-electron chi connectivity index (χ1n) is 6.92. The smallest absolute Gasteiger partial charge is 0.330 e. The Labute approximate surface area is 137 Å². The van der Waals surface area contributed by atoms with E-state index in [1.165, 1.54) is 14.0 Å². The van der Waals surface area contributed by atoms with Gasteiger partial charge in [-0.25, -0.2) is 4.79 Å². The summed E-state index contributed by atoms with van der Waals surface area (Å²) in [5.41, 5.74) is 0.176. The topological polar surface area (TPSA) is 168 Å². The molecule has 0 saturated heterocycles. The largest absolute Gasteiger partial charge is 0.478 e. The quantitative estimate of drug-likeness (QED) is 0.209. The molecule has 0 amide bonds. The molecule has 0 aliphatic carbocycles. The first-order valence-corrected chi connectivity index (χ1v) is 6.92. The Hall–Kier alpha value is -1.07. The number of ether oxygens (including phenoxy) is 1. The number of hydrogen-bond donors (Lipinski definition) is 7. The van der Waals surface area contributed by atoms with Gasteiger partial charge >= 0.3 is 5.97 Å². The molecule has 0 aliphatic rings. The van der Waals surface area contributed by atoms with Crippen LogP contribution < -0.4 is 0 Å². The Bertz CT molecular complexity index is 212. The molecule has 142 valence electrons. The molecule has 9 nitrogen and oxygen atoms in total. The fourth-order valence-corrected chi connectivity index (χ4v) is 0.370. The molecule has 23 heavy (non-hydrogen) atoms. The Kier molecular flexibility index (Phi) is 37.7. The summed E-state index contributed by atoms with van der Waals surface area (Å²) in [5.74, 6) is -0.935. The molecule has 0 radical (unpaired) electrons. The van der Waals surface area contributed by atoms with E-state index in [0.29, 0.717) is 12.8 Å². The molecule has 9 heteroatoms. The molecular formula is C14H32O9. The summed E-state index contributed by atoms with van der Waals surface area (Å²) in [7, 11) is 1.39. The Balaban J connectivity index is -0.000000106. The fourth-order valence-electron chi connectivity index (χ4n) is 0.370. The van der Waals surface area contributed by atoms with Gasteiger partial charge in [-0.2, -0.15) is 0 Å². The van der Waals surface area contributed by atoms with E-state index in [2.05, 4.69) is 11.3 Å². The van der Waals surface area contributed by atoms with Crippen molar-refractivity contribution in [1.82, 2.24) is 0 Å². The number of carboxylic acid groups (broad SMARTS) is 1. The summed E-state index contributed by atoms with van der Waals surface area (Å²) in [4.78, 5) is 9.60. The van der Waals surface area contributed by atoms with Gasteiger partial charge < -0.3 is 40.5 Å². The minimum absolute atomic E-state index is 0.0327. The van der Waals surface area contributed by atoms with Crippen molar-refractivity contribution in [1.29, 1.82) is 0 Å². The van der Waals surface area contributed by atoms with Crippen LogP contribution in [0.15, 0.2) is 12.2 Å². The van der Waals surface area contributed by atoms with Crippen molar-refractivity contribution in [3.63, 3.8) is 0 Å². The second-order valence-electron chi connectivity index (χ2n) is 3.89. The molecule has 0 aromatic heterocycles. The zero-order valence-electron chi connectivity index (χ0n) is 13.9. The standard InChI is InChI=1S/C4H10O3.C4H6O2.2C3H8O2/c1-7-4(6)2-3-5;1-3(2)4(5)6;2*4-2-1-3-5/h4-6H,2-3H2,1H3;1H2,2H3,(H,5,6);2*4-5H,1-3H2. The monoisotopic (exact) mass is 344 g/mol. The zero-order chi connectivity index (χ0) is 19.1. The van der Waals surface area contributed by atoms with Crippen LogP contribution in [0.3, 0.4) is 0 Å². The molecule has 0 fully saturated rings. The van der Waals surface area contributed by atoms with E-state index in [1.807, 2.05) is 0 Å². The maximum Gasteiger partial charge on any atom is 0.330 e. The van der Waals surface area contributed by atoms with Crippen LogP contribution in [0, 0.1) is 0 Å². The van der Waals surface area contributed by atoms with Gasteiger partial charge in [-0.3, -0.25) is 0 Å². The highest BCUT2D eigenvalue weighted by atomic mass is 16.6. The number of aliphatic carboxylic acids is 1. The molecule has 0 bridgehead atoms. The van der Waals surface area contributed by atoms with Crippen LogP contribution in [-0.4, -0.2) is 88.1 Å². The fraction of sp³-hybridized carbons (Fsp3) is 0.786. The van der Waals surface area contributed by atoms with Crippen molar-refractivity contribution in [3.8, 4) is 0 Å². The van der Waals surface area contributed by atoms with Crippen molar-refractivity contribution in [2.45, 2.75) is 32.5 Å². The maximum atomic E-state index is 9.60. The third-order valence-electron chi connectivity index (χ3n) is 1.65. The number of methoxy groups -OCH3 is 1. The van der Waals surface area contributed by atoms with Crippen molar-refractivity contribution < 1.29 is 45.3 Å². The lowest BCUT2D eigenvalue weighted by molar-refractivity contribution is -0.132. The molecule has 7 N–H and O–H groups in total. The first kappa shape index (κ1) is 29.9. The minimum Gasteiger partial charge on any atom is -0.478 e. The van der Waals surface area contributed by atoms with Crippen molar-refractivity contribution >= 4 is 5.97 Å². The van der Waals surface area contributed by atoms with Gasteiger partial charge in [0.2, 0.25) is 0 Å². The van der Waals surface area contributed by atoms with Gasteiger partial charge in [0.25, 0.3) is 0 Å². The molecule has 0 aromatic carbocycles. The number of carbonyl (C=O) groups is 1. The van der Waals surface area contributed by atoms with E-state index in [0.717, 1.165) is 0 Å². The van der Waals surface area contributed by atoms with E-state index >= 15 is 0 Å². The van der Waals surface area contributed by atoms with Crippen LogP contribution in [-0.2, 0) is 9.53 Å². The van der Waals surface area contributed by atoms with E-state index in [9.17, 15) is 4.79 Å². The Morgan fingerprint density at radius 3 is 1.30 bits per heavy atom. The second kappa shape index (κ2) is 29.0. The van der Waals surface area contributed by atoms with Crippen LogP contribution in [0.5, 0.6) is 0 Å². The molecule has 0 aromatic rings. The number of aliphatic hydroxyl groups excluding tert-OH is 6. The second-order valence-corrected chi connectivity index (χ2v) is 3.89. The lowest BCUT2D eigenvalue weighted by Crippen LogP contribution is -2.09. The summed E-state index contributed by atoms with van der Waals surface area (Å²) in [6.07, 6.45) is 0.487. The van der Waals surface area contributed by atoms with E-state index < -0.39 is 12.3 Å². The third-order valence-corrected chi connectivity index (χ3v) is 1.65. The SMILES string of the molecule is C=C(C)C(=O)O.COC(O)CCO.OCCCO.OCCCO. The van der Waals surface area contributed by atoms with Gasteiger partial charge in [-0.15, -0.1) is 0 Å². The van der Waals surface area contributed by atoms with Gasteiger partial charge in [-0.1, -0.05) is 6.58 Å². The van der Waals surface area contributed by atoms with Gasteiger partial charge in [0.15, 0.2) is 6.29 Å². The van der Waals surface area contributed by atoms with Crippen molar-refractivity contribution in [2.24, 2.45) is 0 Å². The van der Waals surface area contributed by atoms with Gasteiger partial charge in [0.1, 0.15) is 0 Å². The van der Waals surface area contributed by atoms with E-state index in [-0.39, 0.29) is 45.0 Å². The molecular weight excluding hydrogens is 312 g/mol. The van der Waals surface area contributed by atoms with E-state index in [1.54, 1.807) is 0 Å². The zero-order valence-corrected chi connectivity index (χ0v) is 13.9. The predicted octanol–water partition coefficient (Wildman–Crippen LogP) is -1.30. The van der Waals surface area contributed by atoms with Gasteiger partial charge in [0.05, 0.1) is 0 Å². The molecule has 0 aliphatic heterocycles. The molecule has 0 saturated carbocycles. The normalized spacial score (nSPS) is 9.91.